The highest BCUT2D eigenvalue weighted by atomic mass is 16.5. The number of rotatable bonds is 6. The Morgan fingerprint density at radius 3 is 2.45 bits per heavy atom. The minimum absolute atomic E-state index is 0.383. The number of anilines is 1. The molecule has 0 aliphatic rings. The molecule has 0 amide bonds. The molecule has 0 fully saturated rings. The molecule has 1 aromatic carbocycles. The van der Waals surface area contributed by atoms with Crippen LogP contribution in [0.5, 0.6) is 11.6 Å². The van der Waals surface area contributed by atoms with Crippen molar-refractivity contribution in [2.75, 3.05) is 33.7 Å². The van der Waals surface area contributed by atoms with Crippen LogP contribution >= 0.6 is 0 Å². The fourth-order valence-electron chi connectivity index (χ4n) is 3.49. The maximum atomic E-state index is 6.15. The summed E-state index contributed by atoms with van der Waals surface area (Å²) >= 11 is 0. The second-order valence-electron chi connectivity index (χ2n) is 6.99. The average molecular weight is 446 g/mol. The van der Waals surface area contributed by atoms with Gasteiger partial charge in [0.05, 0.1) is 26.2 Å². The lowest BCUT2D eigenvalue weighted by Crippen LogP contribution is -2.07. The summed E-state index contributed by atoms with van der Waals surface area (Å²) < 4.78 is 17.5. The Morgan fingerprint density at radius 2 is 1.82 bits per heavy atom. The normalized spacial score (nSPS) is 10.3. The van der Waals surface area contributed by atoms with Crippen LogP contribution < -0.4 is 15.2 Å². The van der Waals surface area contributed by atoms with Gasteiger partial charge >= 0.3 is 0 Å². The third-order valence-corrected chi connectivity index (χ3v) is 4.97. The van der Waals surface area contributed by atoms with Crippen molar-refractivity contribution in [1.29, 1.82) is 0 Å². The number of nitrogens with zero attached hydrogens (tertiary/aromatic N) is 4. The van der Waals surface area contributed by atoms with Crippen molar-refractivity contribution >= 4 is 16.9 Å². The molecule has 8 heteroatoms. The van der Waals surface area contributed by atoms with Gasteiger partial charge in [0.2, 0.25) is 5.88 Å². The number of nitrogen functional groups attached to an aromatic ring is 1. The van der Waals surface area contributed by atoms with E-state index in [9.17, 15) is 0 Å². The van der Waals surface area contributed by atoms with Gasteiger partial charge in [0.1, 0.15) is 29.2 Å². The number of fused-ring (bicyclic) bond motifs is 1. The van der Waals surface area contributed by atoms with Gasteiger partial charge in [-0.2, -0.15) is 0 Å². The largest absolute Gasteiger partial charge is 0.496 e. The Morgan fingerprint density at radius 1 is 1.03 bits per heavy atom. The van der Waals surface area contributed by atoms with Crippen LogP contribution in [0.15, 0.2) is 48.8 Å². The van der Waals surface area contributed by atoms with Crippen molar-refractivity contribution < 1.29 is 14.2 Å². The molecular formula is C25H27N5O3. The quantitative estimate of drug-likeness (QED) is 0.452. The van der Waals surface area contributed by atoms with E-state index in [4.69, 9.17) is 26.4 Å². The van der Waals surface area contributed by atoms with E-state index in [-0.39, 0.29) is 0 Å². The van der Waals surface area contributed by atoms with Gasteiger partial charge in [-0.05, 0) is 19.1 Å². The maximum Gasteiger partial charge on any atom is 0.213 e. The molecule has 33 heavy (non-hydrogen) atoms. The fourth-order valence-corrected chi connectivity index (χ4v) is 3.49. The van der Waals surface area contributed by atoms with Gasteiger partial charge in [-0.15, -0.1) is 6.42 Å². The van der Waals surface area contributed by atoms with Gasteiger partial charge in [-0.1, -0.05) is 30.2 Å². The first-order valence-electron chi connectivity index (χ1n) is 10.2. The molecule has 0 aliphatic carbocycles. The van der Waals surface area contributed by atoms with Gasteiger partial charge < -0.3 is 24.5 Å². The van der Waals surface area contributed by atoms with Crippen molar-refractivity contribution in [1.82, 2.24) is 19.5 Å². The van der Waals surface area contributed by atoms with Gasteiger partial charge in [0, 0.05) is 36.5 Å². The lowest BCUT2D eigenvalue weighted by atomic mass is 10.0. The predicted molar refractivity (Wildman–Crippen MR) is 129 cm³/mol. The molecule has 0 atom stereocenters. The number of hydrogen-bond donors (Lipinski definition) is 1. The van der Waals surface area contributed by atoms with Crippen LogP contribution in [0, 0.1) is 19.3 Å². The molecule has 4 aromatic rings. The smallest absolute Gasteiger partial charge is 0.213 e. The van der Waals surface area contributed by atoms with E-state index >= 15 is 0 Å². The Hall–Kier alpha value is -4.09. The first-order chi connectivity index (χ1) is 16.0. The van der Waals surface area contributed by atoms with Crippen molar-refractivity contribution in [3.63, 3.8) is 0 Å². The average Bonchev–Trinajstić information content (AvgIpc) is 3.17. The van der Waals surface area contributed by atoms with Gasteiger partial charge in [0.15, 0.2) is 0 Å². The summed E-state index contributed by atoms with van der Waals surface area (Å²) in [5, 5.41) is 0.728. The van der Waals surface area contributed by atoms with Crippen molar-refractivity contribution in [3.05, 3.63) is 60.2 Å². The molecular weight excluding hydrogens is 418 g/mol. The molecule has 0 unspecified atom stereocenters. The number of para-hydroxylation sites is 1. The standard InChI is InChI=1S/C18H18N4O2.C7H9NO/c1-4-13-15(12-7-5-6-8-14(12)24-3)16-17(19)20-11-21-18(16)22(13)9-10-23-2;1-6-4-3-5-7(8-6)9-2/h1,5-8,11H,9-10H2,2-3H3,(H2,19,20,21);3-5H,1-2H3. The molecule has 8 nitrogen and oxygen atoms in total. The molecule has 170 valence electrons. The summed E-state index contributed by atoms with van der Waals surface area (Å²) in [5.74, 6) is 4.54. The summed E-state index contributed by atoms with van der Waals surface area (Å²) in [6.45, 7) is 3.01. The summed E-state index contributed by atoms with van der Waals surface area (Å²) in [4.78, 5) is 12.6. The second kappa shape index (κ2) is 11.0. The third-order valence-electron chi connectivity index (χ3n) is 4.97. The number of methoxy groups -OCH3 is 3. The minimum atomic E-state index is 0.383. The summed E-state index contributed by atoms with van der Waals surface area (Å²) in [5.41, 5.74) is 10.2. The molecule has 3 aromatic heterocycles. The second-order valence-corrected chi connectivity index (χ2v) is 6.99. The minimum Gasteiger partial charge on any atom is -0.496 e. The van der Waals surface area contributed by atoms with E-state index in [2.05, 4.69) is 20.9 Å². The van der Waals surface area contributed by atoms with Gasteiger partial charge in [0.25, 0.3) is 0 Å². The number of ether oxygens (including phenoxy) is 3. The summed E-state index contributed by atoms with van der Waals surface area (Å²) in [7, 11) is 4.88. The monoisotopic (exact) mass is 445 g/mol. The summed E-state index contributed by atoms with van der Waals surface area (Å²) in [6, 6.07) is 13.3. The zero-order valence-corrected chi connectivity index (χ0v) is 19.2. The molecule has 0 radical (unpaired) electrons. The predicted octanol–water partition coefficient (Wildman–Crippen LogP) is 3.72. The Kier molecular flexibility index (Phi) is 7.84. The van der Waals surface area contributed by atoms with E-state index in [0.717, 1.165) is 22.2 Å². The Bertz CT molecular complexity index is 1280. The zero-order valence-electron chi connectivity index (χ0n) is 19.2. The zero-order chi connectivity index (χ0) is 23.8. The summed E-state index contributed by atoms with van der Waals surface area (Å²) in [6.07, 6.45) is 7.26. The first kappa shape index (κ1) is 23.6. The Labute approximate surface area is 193 Å². The van der Waals surface area contributed by atoms with Gasteiger partial charge in [-0.3, -0.25) is 0 Å². The van der Waals surface area contributed by atoms with Crippen LogP contribution in [0.4, 0.5) is 5.82 Å². The van der Waals surface area contributed by atoms with Crippen LogP contribution in [0.1, 0.15) is 11.4 Å². The fraction of sp³-hybridized carbons (Fsp3) is 0.240. The maximum absolute atomic E-state index is 6.15. The van der Waals surface area contributed by atoms with Crippen LogP contribution in [0.25, 0.3) is 22.2 Å². The highest BCUT2D eigenvalue weighted by Gasteiger charge is 2.22. The van der Waals surface area contributed by atoms with Crippen LogP contribution in [-0.2, 0) is 11.3 Å². The van der Waals surface area contributed by atoms with E-state index in [1.54, 1.807) is 21.3 Å². The topological polar surface area (TPSA) is 97.3 Å². The third kappa shape index (κ3) is 5.05. The van der Waals surface area contributed by atoms with Crippen molar-refractivity contribution in [2.24, 2.45) is 0 Å². The van der Waals surface area contributed by atoms with E-state index in [1.165, 1.54) is 6.33 Å². The lowest BCUT2D eigenvalue weighted by Gasteiger charge is -2.09. The van der Waals surface area contributed by atoms with Gasteiger partial charge in [-0.25, -0.2) is 15.0 Å². The first-order valence-corrected chi connectivity index (χ1v) is 10.2. The number of aromatic nitrogens is 4. The molecule has 0 bridgehead atoms. The SMILES string of the molecule is C#Cc1c(-c2ccccc2OC)c2c(N)ncnc2n1CCOC.COc1cccc(C)n1. The highest BCUT2D eigenvalue weighted by molar-refractivity contribution is 6.04. The number of hydrogen-bond acceptors (Lipinski definition) is 7. The molecule has 0 saturated carbocycles. The van der Waals surface area contributed by atoms with E-state index < -0.39 is 0 Å². The lowest BCUT2D eigenvalue weighted by molar-refractivity contribution is 0.188. The van der Waals surface area contributed by atoms with Crippen LogP contribution in [0.3, 0.4) is 0 Å². The van der Waals surface area contributed by atoms with E-state index in [0.29, 0.717) is 41.9 Å². The molecule has 0 spiro atoms. The molecule has 2 N–H and O–H groups in total. The van der Waals surface area contributed by atoms with Crippen LogP contribution in [0.2, 0.25) is 0 Å². The number of terminal acetylenes is 1. The van der Waals surface area contributed by atoms with Crippen molar-refractivity contribution in [3.8, 4) is 35.1 Å². The Balaban J connectivity index is 0.000000286. The number of benzene rings is 1. The van der Waals surface area contributed by atoms with Crippen LogP contribution in [-0.4, -0.2) is 47.5 Å². The molecule has 3 heterocycles. The van der Waals surface area contributed by atoms with Crippen molar-refractivity contribution in [2.45, 2.75) is 13.5 Å². The highest BCUT2D eigenvalue weighted by Crippen LogP contribution is 2.40. The van der Waals surface area contributed by atoms with E-state index in [1.807, 2.05) is 54.0 Å². The molecule has 0 aliphatic heterocycles. The number of pyridine rings is 1. The molecule has 0 saturated heterocycles. The number of nitrogens with two attached hydrogens (primary N) is 1. The number of aryl methyl sites for hydroxylation is 1. The molecule has 4 rings (SSSR count).